The van der Waals surface area contributed by atoms with Crippen LogP contribution in [-0.2, 0) is 13.0 Å². The minimum atomic E-state index is -0.249. The van der Waals surface area contributed by atoms with Crippen molar-refractivity contribution in [2.24, 2.45) is 0 Å². The van der Waals surface area contributed by atoms with Crippen molar-refractivity contribution in [3.63, 3.8) is 0 Å². The lowest BCUT2D eigenvalue weighted by Gasteiger charge is -2.12. The fourth-order valence-electron chi connectivity index (χ4n) is 3.17. The molecule has 2 N–H and O–H groups in total. The number of carbonyl (C=O) groups is 2. The van der Waals surface area contributed by atoms with Crippen molar-refractivity contribution >= 4 is 17.5 Å². The number of Topliss-reactive ketones (excluding diaryl/α,β-unsaturated/α-hetero) is 1. The molecule has 1 aromatic carbocycles. The van der Waals surface area contributed by atoms with Crippen LogP contribution in [0.4, 0.5) is 10.5 Å². The van der Waals surface area contributed by atoms with Crippen LogP contribution in [0.25, 0.3) is 0 Å². The number of hydrogen-bond donors (Lipinski definition) is 2. The third-order valence-electron chi connectivity index (χ3n) is 4.88. The van der Waals surface area contributed by atoms with E-state index < -0.39 is 0 Å². The van der Waals surface area contributed by atoms with Crippen LogP contribution < -0.4 is 10.6 Å². The Labute approximate surface area is 176 Å². The third kappa shape index (κ3) is 5.50. The maximum absolute atomic E-state index is 12.2. The van der Waals surface area contributed by atoms with Crippen molar-refractivity contribution in [1.29, 1.82) is 0 Å². The molecule has 0 aliphatic rings. The molecule has 2 amide bonds. The number of aryl methyl sites for hydroxylation is 2. The van der Waals surface area contributed by atoms with E-state index in [9.17, 15) is 9.59 Å². The number of urea groups is 1. The van der Waals surface area contributed by atoms with E-state index in [1.165, 1.54) is 0 Å². The number of nitrogens with zero attached hydrogens (tertiary/aromatic N) is 2. The lowest BCUT2D eigenvalue weighted by molar-refractivity contribution is 0.0983. The highest BCUT2D eigenvalue weighted by atomic mass is 16.2. The molecule has 154 valence electrons. The summed E-state index contributed by atoms with van der Waals surface area (Å²) in [6, 6.07) is 11.6. The monoisotopic (exact) mass is 402 g/mol. The second kappa shape index (κ2) is 9.78. The molecule has 2 heterocycles. The Morgan fingerprint density at radius 3 is 2.27 bits per heavy atom. The zero-order chi connectivity index (χ0) is 21.5. The van der Waals surface area contributed by atoms with E-state index in [1.54, 1.807) is 18.6 Å². The largest absolute Gasteiger partial charge is 0.334 e. The SMILES string of the molecule is CCC(=O)c1cc(Cc2ccc(CNC(=O)Nc3c(C)cncc3C)cc2)ccn1. The van der Waals surface area contributed by atoms with E-state index in [1.807, 2.05) is 57.2 Å². The van der Waals surface area contributed by atoms with Gasteiger partial charge in [0, 0.05) is 31.6 Å². The van der Waals surface area contributed by atoms with Gasteiger partial charge in [-0.15, -0.1) is 0 Å². The van der Waals surface area contributed by atoms with Crippen LogP contribution in [0.3, 0.4) is 0 Å². The van der Waals surface area contributed by atoms with E-state index in [0.717, 1.165) is 39.9 Å². The second-order valence-corrected chi connectivity index (χ2v) is 7.28. The van der Waals surface area contributed by atoms with Gasteiger partial charge in [0.05, 0.1) is 5.69 Å². The van der Waals surface area contributed by atoms with Gasteiger partial charge in [0.1, 0.15) is 5.69 Å². The Morgan fingerprint density at radius 2 is 1.60 bits per heavy atom. The van der Waals surface area contributed by atoms with Crippen LogP contribution in [0.5, 0.6) is 0 Å². The number of benzene rings is 1. The fourth-order valence-corrected chi connectivity index (χ4v) is 3.17. The fraction of sp³-hybridized carbons (Fsp3) is 0.250. The smallest absolute Gasteiger partial charge is 0.319 e. The Morgan fingerprint density at radius 1 is 0.933 bits per heavy atom. The molecule has 0 fully saturated rings. The maximum atomic E-state index is 12.2. The summed E-state index contributed by atoms with van der Waals surface area (Å²) in [7, 11) is 0. The van der Waals surface area contributed by atoms with Crippen molar-refractivity contribution in [3.05, 3.63) is 88.5 Å². The molecule has 3 aromatic rings. The first-order valence-electron chi connectivity index (χ1n) is 9.98. The number of ketones is 1. The molecule has 6 nitrogen and oxygen atoms in total. The van der Waals surface area contributed by atoms with E-state index in [-0.39, 0.29) is 11.8 Å². The molecular weight excluding hydrogens is 376 g/mol. The number of carbonyl (C=O) groups excluding carboxylic acids is 2. The van der Waals surface area contributed by atoms with Gasteiger partial charge in [-0.3, -0.25) is 14.8 Å². The molecule has 0 spiro atoms. The van der Waals surface area contributed by atoms with Crippen molar-refractivity contribution in [2.45, 2.75) is 40.2 Å². The first-order valence-corrected chi connectivity index (χ1v) is 9.98. The number of pyridine rings is 2. The summed E-state index contributed by atoms with van der Waals surface area (Å²) in [5.74, 6) is 0.0497. The Hall–Kier alpha value is -3.54. The molecule has 30 heavy (non-hydrogen) atoms. The number of anilines is 1. The van der Waals surface area contributed by atoms with Gasteiger partial charge in [-0.1, -0.05) is 31.2 Å². The molecule has 0 unspecified atom stereocenters. The third-order valence-corrected chi connectivity index (χ3v) is 4.88. The minimum absolute atomic E-state index is 0.0497. The van der Waals surface area contributed by atoms with Gasteiger partial charge in [0.2, 0.25) is 0 Å². The molecule has 0 bridgehead atoms. The van der Waals surface area contributed by atoms with E-state index in [4.69, 9.17) is 0 Å². The standard InChI is InChI=1S/C24H26N4O2/c1-4-22(29)21-12-20(9-10-26-21)11-18-5-7-19(8-6-18)15-27-24(30)28-23-16(2)13-25-14-17(23)3/h5-10,12-14H,4,11,15H2,1-3H3,(H2,25,27,28,30). The number of hydrogen-bond acceptors (Lipinski definition) is 4. The number of aromatic nitrogens is 2. The number of rotatable bonds is 7. The van der Waals surface area contributed by atoms with Gasteiger partial charge in [-0.25, -0.2) is 4.79 Å². The van der Waals surface area contributed by atoms with Gasteiger partial charge in [0.25, 0.3) is 0 Å². The first kappa shape index (κ1) is 21.2. The lowest BCUT2D eigenvalue weighted by Crippen LogP contribution is -2.28. The van der Waals surface area contributed by atoms with Crippen LogP contribution in [0.15, 0.2) is 55.0 Å². The van der Waals surface area contributed by atoms with E-state index >= 15 is 0 Å². The Kier molecular flexibility index (Phi) is 6.91. The molecule has 0 aliphatic carbocycles. The van der Waals surface area contributed by atoms with Crippen LogP contribution in [0.2, 0.25) is 0 Å². The Balaban J connectivity index is 1.56. The zero-order valence-electron chi connectivity index (χ0n) is 17.5. The van der Waals surface area contributed by atoms with Crippen LogP contribution in [0.1, 0.15) is 51.7 Å². The quantitative estimate of drug-likeness (QED) is 0.566. The topological polar surface area (TPSA) is 84.0 Å². The predicted octanol–water partition coefficient (Wildman–Crippen LogP) is 4.60. The summed E-state index contributed by atoms with van der Waals surface area (Å²) < 4.78 is 0. The average Bonchev–Trinajstić information content (AvgIpc) is 2.75. The van der Waals surface area contributed by atoms with Gasteiger partial charge in [0.15, 0.2) is 5.78 Å². The van der Waals surface area contributed by atoms with Crippen LogP contribution >= 0.6 is 0 Å². The Bertz CT molecular complexity index is 1030. The minimum Gasteiger partial charge on any atom is -0.334 e. The normalized spacial score (nSPS) is 10.5. The zero-order valence-corrected chi connectivity index (χ0v) is 17.5. The van der Waals surface area contributed by atoms with E-state index in [2.05, 4.69) is 20.6 Å². The summed E-state index contributed by atoms with van der Waals surface area (Å²) in [4.78, 5) is 32.3. The molecular formula is C24H26N4O2. The summed E-state index contributed by atoms with van der Waals surface area (Å²) >= 11 is 0. The van der Waals surface area contributed by atoms with Gasteiger partial charge >= 0.3 is 6.03 Å². The van der Waals surface area contributed by atoms with Crippen molar-refractivity contribution in [3.8, 4) is 0 Å². The highest BCUT2D eigenvalue weighted by Crippen LogP contribution is 2.18. The molecule has 6 heteroatoms. The van der Waals surface area contributed by atoms with Crippen LogP contribution in [-0.4, -0.2) is 21.8 Å². The molecule has 0 atom stereocenters. The van der Waals surface area contributed by atoms with Gasteiger partial charge in [-0.2, -0.15) is 0 Å². The summed E-state index contributed by atoms with van der Waals surface area (Å²) in [6.07, 6.45) is 6.31. The highest BCUT2D eigenvalue weighted by molar-refractivity contribution is 5.94. The molecule has 0 radical (unpaired) electrons. The molecule has 3 rings (SSSR count). The van der Waals surface area contributed by atoms with Crippen molar-refractivity contribution in [1.82, 2.24) is 15.3 Å². The van der Waals surface area contributed by atoms with Crippen molar-refractivity contribution < 1.29 is 9.59 Å². The highest BCUT2D eigenvalue weighted by Gasteiger charge is 2.08. The van der Waals surface area contributed by atoms with Gasteiger partial charge in [-0.05, 0) is 60.2 Å². The summed E-state index contributed by atoms with van der Waals surface area (Å²) in [6.45, 7) is 6.10. The van der Waals surface area contributed by atoms with Gasteiger partial charge < -0.3 is 10.6 Å². The number of nitrogens with one attached hydrogen (secondary N) is 2. The summed E-state index contributed by atoms with van der Waals surface area (Å²) in [5, 5.41) is 5.77. The number of amides is 2. The van der Waals surface area contributed by atoms with E-state index in [0.29, 0.717) is 18.7 Å². The molecule has 0 saturated carbocycles. The van der Waals surface area contributed by atoms with Crippen molar-refractivity contribution in [2.75, 3.05) is 5.32 Å². The second-order valence-electron chi connectivity index (χ2n) is 7.28. The first-order chi connectivity index (χ1) is 14.5. The van der Waals surface area contributed by atoms with Crippen LogP contribution in [0, 0.1) is 13.8 Å². The molecule has 2 aromatic heterocycles. The maximum Gasteiger partial charge on any atom is 0.319 e. The average molecular weight is 402 g/mol. The lowest BCUT2D eigenvalue weighted by atomic mass is 10.0. The molecule has 0 aliphatic heterocycles. The molecule has 0 saturated heterocycles. The summed E-state index contributed by atoms with van der Waals surface area (Å²) in [5.41, 5.74) is 6.34. The predicted molar refractivity (Wildman–Crippen MR) is 118 cm³/mol.